The molecule has 7 heteroatoms. The molecule has 0 unspecified atom stereocenters. The van der Waals surface area contributed by atoms with Gasteiger partial charge in [0.2, 0.25) is 0 Å². The first-order chi connectivity index (χ1) is 9.72. The summed E-state index contributed by atoms with van der Waals surface area (Å²) in [5.74, 6) is 1.22. The Morgan fingerprint density at radius 2 is 2.05 bits per heavy atom. The highest BCUT2D eigenvalue weighted by Crippen LogP contribution is 2.26. The molecule has 0 aliphatic carbocycles. The van der Waals surface area contributed by atoms with Crippen LogP contribution in [0.2, 0.25) is 0 Å². The fourth-order valence-corrected chi connectivity index (χ4v) is 2.04. The summed E-state index contributed by atoms with van der Waals surface area (Å²) in [5.41, 5.74) is 0.657. The Morgan fingerprint density at radius 3 is 2.70 bits per heavy atom. The van der Waals surface area contributed by atoms with Gasteiger partial charge in [0.05, 0.1) is 6.61 Å². The van der Waals surface area contributed by atoms with Crippen molar-refractivity contribution in [3.05, 3.63) is 30.1 Å². The number of ether oxygens (including phenoxy) is 2. The molecule has 1 atom stereocenters. The summed E-state index contributed by atoms with van der Waals surface area (Å²) in [5, 5.41) is 3.93. The first-order valence-corrected chi connectivity index (χ1v) is 6.19. The highest BCUT2D eigenvalue weighted by Gasteiger charge is 2.23. The summed E-state index contributed by atoms with van der Waals surface area (Å²) >= 11 is 0. The van der Waals surface area contributed by atoms with Gasteiger partial charge in [-0.25, -0.2) is 0 Å². The summed E-state index contributed by atoms with van der Waals surface area (Å²) in [6.45, 7) is -1.54. The second kappa shape index (κ2) is 5.54. The second-order valence-electron chi connectivity index (χ2n) is 4.42. The third kappa shape index (κ3) is 2.77. The molecule has 20 heavy (non-hydrogen) atoms. The van der Waals surface area contributed by atoms with Crippen LogP contribution in [0.1, 0.15) is 18.2 Å². The number of alkyl halides is 2. The lowest BCUT2D eigenvalue weighted by atomic mass is 10.1. The van der Waals surface area contributed by atoms with E-state index in [1.165, 1.54) is 12.1 Å². The van der Waals surface area contributed by atoms with Crippen LogP contribution in [0.25, 0.3) is 11.5 Å². The molecule has 1 aromatic heterocycles. The van der Waals surface area contributed by atoms with Crippen LogP contribution in [-0.4, -0.2) is 30.0 Å². The van der Waals surface area contributed by atoms with Crippen molar-refractivity contribution in [1.29, 1.82) is 0 Å². The molecule has 106 valence electrons. The molecule has 3 rings (SSSR count). The van der Waals surface area contributed by atoms with E-state index in [4.69, 9.17) is 9.26 Å². The van der Waals surface area contributed by atoms with Crippen LogP contribution in [0.4, 0.5) is 8.78 Å². The summed E-state index contributed by atoms with van der Waals surface area (Å²) < 4.78 is 38.8. The number of hydrogen-bond acceptors (Lipinski definition) is 5. The Hall–Kier alpha value is -2.02. The first kappa shape index (κ1) is 13.0. The van der Waals surface area contributed by atoms with Gasteiger partial charge in [0.15, 0.2) is 5.82 Å². The van der Waals surface area contributed by atoms with Crippen LogP contribution in [0.5, 0.6) is 5.75 Å². The van der Waals surface area contributed by atoms with Crippen LogP contribution >= 0.6 is 0 Å². The number of halogens is 2. The Balaban J connectivity index is 1.75. The average Bonchev–Trinajstić information content (AvgIpc) is 3.10. The van der Waals surface area contributed by atoms with E-state index >= 15 is 0 Å². The van der Waals surface area contributed by atoms with Crippen molar-refractivity contribution >= 4 is 0 Å². The molecule has 0 bridgehead atoms. The van der Waals surface area contributed by atoms with E-state index in [0.717, 1.165) is 6.42 Å². The second-order valence-corrected chi connectivity index (χ2v) is 4.42. The fraction of sp³-hybridized carbons (Fsp3) is 0.385. The van der Waals surface area contributed by atoms with Gasteiger partial charge in [-0.05, 0) is 30.7 Å². The van der Waals surface area contributed by atoms with Gasteiger partial charge in [-0.3, -0.25) is 0 Å². The van der Waals surface area contributed by atoms with Gasteiger partial charge in [-0.2, -0.15) is 13.8 Å². The van der Waals surface area contributed by atoms with E-state index in [2.05, 4.69) is 14.9 Å². The van der Waals surface area contributed by atoms with Crippen LogP contribution in [0.3, 0.4) is 0 Å². The van der Waals surface area contributed by atoms with Crippen LogP contribution in [0.15, 0.2) is 28.8 Å². The minimum absolute atomic E-state index is 0.0904. The molecule has 0 N–H and O–H groups in total. The van der Waals surface area contributed by atoms with Crippen molar-refractivity contribution in [1.82, 2.24) is 10.1 Å². The van der Waals surface area contributed by atoms with Gasteiger partial charge in [0.25, 0.3) is 5.89 Å². The Morgan fingerprint density at radius 1 is 1.25 bits per heavy atom. The Kier molecular flexibility index (Phi) is 3.60. The lowest BCUT2D eigenvalue weighted by Gasteiger charge is -2.03. The third-order valence-electron chi connectivity index (χ3n) is 3.06. The molecule has 5 nitrogen and oxygen atoms in total. The average molecular weight is 282 g/mol. The van der Waals surface area contributed by atoms with Crippen molar-refractivity contribution in [3.8, 4) is 17.2 Å². The summed E-state index contributed by atoms with van der Waals surface area (Å²) in [7, 11) is 0. The van der Waals surface area contributed by atoms with E-state index in [-0.39, 0.29) is 11.7 Å². The van der Waals surface area contributed by atoms with E-state index in [1.54, 1.807) is 12.1 Å². The lowest BCUT2D eigenvalue weighted by Crippen LogP contribution is -2.01. The zero-order valence-corrected chi connectivity index (χ0v) is 10.5. The Labute approximate surface area is 113 Å². The smallest absolute Gasteiger partial charge is 0.387 e. The standard InChI is InChI=1S/C13H12F2N2O3/c14-13(15)19-10-3-1-8(2-4-10)12-16-11(17-20-12)9-5-6-18-7-9/h1-4,9,13H,5-7H2/t9-/m0/s1. The first-order valence-electron chi connectivity index (χ1n) is 6.19. The van der Waals surface area contributed by atoms with Gasteiger partial charge < -0.3 is 14.0 Å². The molecule has 1 aliphatic heterocycles. The SMILES string of the molecule is FC(F)Oc1ccc(-c2nc([C@H]3CCOC3)no2)cc1. The van der Waals surface area contributed by atoms with Crippen molar-refractivity contribution < 1.29 is 22.8 Å². The van der Waals surface area contributed by atoms with Crippen LogP contribution in [0, 0.1) is 0 Å². The molecular weight excluding hydrogens is 270 g/mol. The summed E-state index contributed by atoms with van der Waals surface area (Å²) in [4.78, 5) is 4.31. The van der Waals surface area contributed by atoms with Gasteiger partial charge >= 0.3 is 6.61 Å². The topological polar surface area (TPSA) is 57.4 Å². The molecular formula is C13H12F2N2O3. The summed E-state index contributed by atoms with van der Waals surface area (Å²) in [6, 6.07) is 6.06. The van der Waals surface area contributed by atoms with Gasteiger partial charge in [-0.1, -0.05) is 5.16 Å². The highest BCUT2D eigenvalue weighted by molar-refractivity contribution is 5.54. The van der Waals surface area contributed by atoms with Crippen molar-refractivity contribution in [2.75, 3.05) is 13.2 Å². The number of aromatic nitrogens is 2. The minimum atomic E-state index is -2.83. The normalized spacial score (nSPS) is 18.6. The van der Waals surface area contributed by atoms with E-state index in [1.807, 2.05) is 0 Å². The number of hydrogen-bond donors (Lipinski definition) is 0. The maximum atomic E-state index is 12.0. The molecule has 1 aliphatic rings. The lowest BCUT2D eigenvalue weighted by molar-refractivity contribution is -0.0498. The minimum Gasteiger partial charge on any atom is -0.435 e. The number of rotatable bonds is 4. The zero-order valence-electron chi connectivity index (χ0n) is 10.5. The summed E-state index contributed by atoms with van der Waals surface area (Å²) in [6.07, 6.45) is 0.875. The van der Waals surface area contributed by atoms with Crippen LogP contribution < -0.4 is 4.74 Å². The molecule has 0 saturated carbocycles. The highest BCUT2D eigenvalue weighted by atomic mass is 19.3. The molecule has 2 heterocycles. The molecule has 2 aromatic rings. The fourth-order valence-electron chi connectivity index (χ4n) is 2.04. The van der Waals surface area contributed by atoms with E-state index in [9.17, 15) is 8.78 Å². The molecule has 0 amide bonds. The molecule has 0 spiro atoms. The van der Waals surface area contributed by atoms with E-state index in [0.29, 0.717) is 30.5 Å². The van der Waals surface area contributed by atoms with Crippen molar-refractivity contribution in [2.45, 2.75) is 19.0 Å². The largest absolute Gasteiger partial charge is 0.435 e. The van der Waals surface area contributed by atoms with Gasteiger partial charge in [0, 0.05) is 18.1 Å². The molecule has 1 fully saturated rings. The van der Waals surface area contributed by atoms with Crippen molar-refractivity contribution in [3.63, 3.8) is 0 Å². The van der Waals surface area contributed by atoms with Gasteiger partial charge in [-0.15, -0.1) is 0 Å². The Bertz CT molecular complexity index is 565. The monoisotopic (exact) mass is 282 g/mol. The zero-order chi connectivity index (χ0) is 13.9. The predicted octanol–water partition coefficient (Wildman–Crippen LogP) is 2.84. The maximum absolute atomic E-state index is 12.0. The molecule has 1 saturated heterocycles. The number of nitrogens with zero attached hydrogens (tertiary/aromatic N) is 2. The molecule has 0 radical (unpaired) electrons. The van der Waals surface area contributed by atoms with Crippen molar-refractivity contribution in [2.24, 2.45) is 0 Å². The van der Waals surface area contributed by atoms with Gasteiger partial charge in [0.1, 0.15) is 5.75 Å². The van der Waals surface area contributed by atoms with Crippen LogP contribution in [-0.2, 0) is 4.74 Å². The van der Waals surface area contributed by atoms with E-state index < -0.39 is 6.61 Å². The molecule has 1 aromatic carbocycles. The predicted molar refractivity (Wildman–Crippen MR) is 64.5 cm³/mol. The quantitative estimate of drug-likeness (QED) is 0.863. The third-order valence-corrected chi connectivity index (χ3v) is 3.06. The maximum Gasteiger partial charge on any atom is 0.387 e. The number of benzene rings is 1.